The molecule has 0 atom stereocenters. The number of hydrogen-bond acceptors (Lipinski definition) is 7. The third kappa shape index (κ3) is 6.34. The van der Waals surface area contributed by atoms with Crippen molar-refractivity contribution >= 4 is 20.0 Å². The van der Waals surface area contributed by atoms with Crippen LogP contribution in [0.25, 0.3) is 11.1 Å². The van der Waals surface area contributed by atoms with E-state index in [1.165, 1.54) is 0 Å². The zero-order chi connectivity index (χ0) is 26.6. The number of halogens is 1. The number of benzene rings is 2. The average Bonchev–Trinajstić information content (AvgIpc) is 2.85. The Morgan fingerprint density at radius 1 is 1.00 bits per heavy atom. The minimum absolute atomic E-state index is 0.0643. The number of oxime groups is 1. The van der Waals surface area contributed by atoms with Crippen LogP contribution in [-0.2, 0) is 22.5 Å². The molecule has 0 aliphatic carbocycles. The molecule has 1 aliphatic rings. The Morgan fingerprint density at radius 2 is 1.68 bits per heavy atom. The van der Waals surface area contributed by atoms with Gasteiger partial charge in [0.1, 0.15) is 18.2 Å². The molecule has 2 heterocycles. The van der Waals surface area contributed by atoms with Gasteiger partial charge in [-0.2, -0.15) is 0 Å². The Bertz CT molecular complexity index is 1230. The Kier molecular flexibility index (Phi) is 7.94. The van der Waals surface area contributed by atoms with Crippen LogP contribution >= 0.6 is 0 Å². The monoisotopic (exact) mass is 522 g/mol. The highest BCUT2D eigenvalue weighted by molar-refractivity contribution is 6.74. The van der Waals surface area contributed by atoms with Crippen molar-refractivity contribution in [1.29, 1.82) is 0 Å². The van der Waals surface area contributed by atoms with Crippen molar-refractivity contribution in [3.63, 3.8) is 0 Å². The normalized spacial score (nSPS) is 13.8. The fraction of sp³-hybridized carbons (Fsp3) is 0.393. The molecule has 0 spiro atoms. The Hall–Kier alpha value is -3.30. The van der Waals surface area contributed by atoms with Crippen molar-refractivity contribution in [3.8, 4) is 16.9 Å². The SMILES string of the molecule is COc1ccc(CON=C2CN(c3ncc(-c4cccc(CO[Si](C)(C)C(C)(C)C)c4F)cn3)C2)cc1. The second kappa shape index (κ2) is 11.0. The van der Waals surface area contributed by atoms with Gasteiger partial charge in [-0.15, -0.1) is 0 Å². The summed E-state index contributed by atoms with van der Waals surface area (Å²) in [4.78, 5) is 16.4. The summed E-state index contributed by atoms with van der Waals surface area (Å²) in [5.74, 6) is 1.10. The number of aromatic nitrogens is 2. The first-order chi connectivity index (χ1) is 17.6. The molecule has 0 radical (unpaired) electrons. The molecule has 0 saturated carbocycles. The zero-order valence-corrected chi connectivity index (χ0v) is 23.4. The summed E-state index contributed by atoms with van der Waals surface area (Å²) in [6, 6.07) is 13.0. The predicted molar refractivity (Wildman–Crippen MR) is 147 cm³/mol. The van der Waals surface area contributed by atoms with Crippen LogP contribution in [0.1, 0.15) is 31.9 Å². The molecule has 0 bridgehead atoms. The standard InChI is InChI=1S/C28H35FN4O3Si/c1-28(2,3)37(5,6)36-19-21-8-7-9-25(26(21)29)22-14-30-27(31-15-22)33-16-23(17-33)32-35-18-20-10-12-24(34-4)13-11-20/h7-15H,16-19H2,1-6H3. The van der Waals surface area contributed by atoms with Crippen LogP contribution < -0.4 is 9.64 Å². The molecule has 0 amide bonds. The van der Waals surface area contributed by atoms with Gasteiger partial charge in [-0.05, 0) is 35.8 Å². The van der Waals surface area contributed by atoms with E-state index in [4.69, 9.17) is 14.0 Å². The maximum absolute atomic E-state index is 15.3. The molecule has 2 aromatic carbocycles. The van der Waals surface area contributed by atoms with Gasteiger partial charge in [-0.1, -0.05) is 56.3 Å². The van der Waals surface area contributed by atoms with Crippen LogP contribution in [0.3, 0.4) is 0 Å². The van der Waals surface area contributed by atoms with E-state index in [0.29, 0.717) is 42.3 Å². The van der Waals surface area contributed by atoms with E-state index in [-0.39, 0.29) is 17.5 Å². The summed E-state index contributed by atoms with van der Waals surface area (Å²) in [6.45, 7) is 12.7. The van der Waals surface area contributed by atoms with E-state index in [2.05, 4.69) is 49.0 Å². The molecule has 37 heavy (non-hydrogen) atoms. The smallest absolute Gasteiger partial charge is 0.225 e. The van der Waals surface area contributed by atoms with Gasteiger partial charge in [0.2, 0.25) is 5.95 Å². The van der Waals surface area contributed by atoms with E-state index >= 15 is 4.39 Å². The first kappa shape index (κ1) is 26.8. The quantitative estimate of drug-likeness (QED) is 0.246. The van der Waals surface area contributed by atoms with Gasteiger partial charge in [0, 0.05) is 29.1 Å². The Labute approximate surface area is 219 Å². The molecule has 7 nitrogen and oxygen atoms in total. The van der Waals surface area contributed by atoms with Gasteiger partial charge in [0.05, 0.1) is 32.5 Å². The fourth-order valence-corrected chi connectivity index (χ4v) is 4.48. The summed E-state index contributed by atoms with van der Waals surface area (Å²) >= 11 is 0. The fourth-order valence-electron chi connectivity index (χ4n) is 3.53. The Balaban J connectivity index is 1.33. The molecule has 0 N–H and O–H groups in total. The van der Waals surface area contributed by atoms with Crippen LogP contribution in [0.2, 0.25) is 18.1 Å². The number of anilines is 1. The first-order valence-electron chi connectivity index (χ1n) is 12.4. The minimum atomic E-state index is -1.98. The lowest BCUT2D eigenvalue weighted by molar-refractivity contribution is 0.129. The molecule has 1 fully saturated rings. The van der Waals surface area contributed by atoms with Crippen molar-refractivity contribution in [2.45, 2.75) is 52.1 Å². The van der Waals surface area contributed by atoms with Crippen molar-refractivity contribution in [2.24, 2.45) is 5.16 Å². The first-order valence-corrected chi connectivity index (χ1v) is 15.3. The highest BCUT2D eigenvalue weighted by Gasteiger charge is 2.37. The molecule has 1 aromatic heterocycles. The van der Waals surface area contributed by atoms with Crippen LogP contribution in [-0.4, -0.2) is 44.2 Å². The molecule has 0 unspecified atom stereocenters. The summed E-state index contributed by atoms with van der Waals surface area (Å²) < 4.78 is 26.7. The summed E-state index contributed by atoms with van der Waals surface area (Å²) in [5, 5.41) is 4.27. The van der Waals surface area contributed by atoms with E-state index in [0.717, 1.165) is 17.0 Å². The predicted octanol–water partition coefficient (Wildman–Crippen LogP) is 6.21. The third-order valence-corrected chi connectivity index (χ3v) is 11.5. The lowest BCUT2D eigenvalue weighted by atomic mass is 10.1. The minimum Gasteiger partial charge on any atom is -0.497 e. The number of rotatable bonds is 9. The van der Waals surface area contributed by atoms with Crippen LogP contribution in [0, 0.1) is 5.82 Å². The number of hydrogen-bond donors (Lipinski definition) is 0. The molecule has 9 heteroatoms. The van der Waals surface area contributed by atoms with Crippen molar-refractivity contribution in [1.82, 2.24) is 9.97 Å². The van der Waals surface area contributed by atoms with Crippen LogP contribution in [0.5, 0.6) is 5.75 Å². The van der Waals surface area contributed by atoms with Gasteiger partial charge in [-0.25, -0.2) is 14.4 Å². The number of ether oxygens (including phenoxy) is 1. The molecule has 196 valence electrons. The second-order valence-electron chi connectivity index (χ2n) is 10.7. The summed E-state index contributed by atoms with van der Waals surface area (Å²) in [7, 11) is -0.342. The summed E-state index contributed by atoms with van der Waals surface area (Å²) in [5.41, 5.74) is 3.59. The maximum atomic E-state index is 15.3. The highest BCUT2D eigenvalue weighted by atomic mass is 28.4. The highest BCUT2D eigenvalue weighted by Crippen LogP contribution is 2.37. The molecule has 1 saturated heterocycles. The topological polar surface area (TPSA) is 69.1 Å². The van der Waals surface area contributed by atoms with Crippen molar-refractivity contribution in [3.05, 3.63) is 71.8 Å². The van der Waals surface area contributed by atoms with Crippen molar-refractivity contribution in [2.75, 3.05) is 25.1 Å². The van der Waals surface area contributed by atoms with E-state index in [1.54, 1.807) is 31.6 Å². The number of nitrogens with zero attached hydrogens (tertiary/aromatic N) is 4. The lowest BCUT2D eigenvalue weighted by Gasteiger charge is -2.36. The van der Waals surface area contributed by atoms with E-state index in [1.807, 2.05) is 35.2 Å². The molecule has 4 rings (SSSR count). The van der Waals surface area contributed by atoms with Gasteiger partial charge in [-0.3, -0.25) is 0 Å². The Morgan fingerprint density at radius 3 is 2.30 bits per heavy atom. The van der Waals surface area contributed by atoms with Gasteiger partial charge < -0.3 is 18.9 Å². The average molecular weight is 523 g/mol. The van der Waals surface area contributed by atoms with Crippen LogP contribution in [0.4, 0.5) is 10.3 Å². The summed E-state index contributed by atoms with van der Waals surface area (Å²) in [6.07, 6.45) is 3.32. The van der Waals surface area contributed by atoms with E-state index < -0.39 is 8.32 Å². The number of methoxy groups -OCH3 is 1. The lowest BCUT2D eigenvalue weighted by Crippen LogP contribution is -2.48. The molecular formula is C28H35FN4O3Si. The largest absolute Gasteiger partial charge is 0.497 e. The van der Waals surface area contributed by atoms with Crippen LogP contribution in [0.15, 0.2) is 60.0 Å². The zero-order valence-electron chi connectivity index (χ0n) is 22.4. The maximum Gasteiger partial charge on any atom is 0.225 e. The molecule has 1 aliphatic heterocycles. The van der Waals surface area contributed by atoms with Gasteiger partial charge >= 0.3 is 0 Å². The molecule has 3 aromatic rings. The second-order valence-corrected chi connectivity index (χ2v) is 15.5. The van der Waals surface area contributed by atoms with Gasteiger partial charge in [0.25, 0.3) is 0 Å². The van der Waals surface area contributed by atoms with Gasteiger partial charge in [0.15, 0.2) is 8.32 Å². The van der Waals surface area contributed by atoms with E-state index in [9.17, 15) is 0 Å². The molecular weight excluding hydrogens is 487 g/mol. The third-order valence-electron chi connectivity index (χ3n) is 7.04. The van der Waals surface area contributed by atoms with Crippen molar-refractivity contribution < 1.29 is 18.4 Å².